The van der Waals surface area contributed by atoms with Gasteiger partial charge in [-0.2, -0.15) is 0 Å². The maximum atomic E-state index is 13.5. The van der Waals surface area contributed by atoms with Crippen molar-refractivity contribution in [3.63, 3.8) is 0 Å². The predicted octanol–water partition coefficient (Wildman–Crippen LogP) is 9.83. The molecule has 11 heteroatoms. The summed E-state index contributed by atoms with van der Waals surface area (Å²) in [4.78, 5) is 54.4. The van der Waals surface area contributed by atoms with E-state index in [4.69, 9.17) is 14.2 Å². The van der Waals surface area contributed by atoms with Gasteiger partial charge in [0, 0.05) is 61.7 Å². The summed E-state index contributed by atoms with van der Waals surface area (Å²) in [6.07, 6.45) is 2.10. The Labute approximate surface area is 385 Å². The van der Waals surface area contributed by atoms with E-state index in [1.807, 2.05) is 122 Å². The van der Waals surface area contributed by atoms with Gasteiger partial charge in [0.05, 0.1) is 17.6 Å². The van der Waals surface area contributed by atoms with Gasteiger partial charge in [-0.05, 0) is 111 Å². The Balaban J connectivity index is 0.000000235. The number of carbonyl (C=O) groups excluding carboxylic acids is 2. The molecule has 1 saturated heterocycles. The van der Waals surface area contributed by atoms with Crippen LogP contribution < -0.4 is 20.6 Å². The van der Waals surface area contributed by atoms with Crippen LogP contribution in [0.5, 0.6) is 11.5 Å². The molecule has 0 atom stereocenters. The Bertz CT molecular complexity index is 2970. The fraction of sp³-hybridized carbons (Fsp3) is 0.309. The second-order valence-corrected chi connectivity index (χ2v) is 18.2. The fourth-order valence-electron chi connectivity index (χ4n) is 8.93. The molecule has 0 aliphatic carbocycles. The number of nitrogens with zero attached hydrogens (tertiary/aromatic N) is 4. The average Bonchev–Trinajstić information content (AvgIpc) is 3.31. The molecule has 1 amide bonds. The first kappa shape index (κ1) is 45.6. The lowest BCUT2D eigenvalue weighted by Gasteiger charge is -2.39. The van der Waals surface area contributed by atoms with E-state index in [0.717, 1.165) is 105 Å². The Hall–Kier alpha value is -6.98. The number of aldehydes is 1. The summed E-state index contributed by atoms with van der Waals surface area (Å²) in [6, 6.07) is 41.5. The summed E-state index contributed by atoms with van der Waals surface area (Å²) in [5.74, 6) is 1.45. The Morgan fingerprint density at radius 2 is 1.23 bits per heavy atom. The number of aryl methyl sites for hydroxylation is 2. The predicted molar refractivity (Wildman–Crippen MR) is 261 cm³/mol. The number of hydrogen-bond donors (Lipinski definition) is 0. The number of fused-ring (bicyclic) bond motifs is 3. The smallest absolute Gasteiger partial charge is 0.410 e. The van der Waals surface area contributed by atoms with Crippen LogP contribution in [0.2, 0.25) is 0 Å². The number of piperidine rings is 1. The fourth-order valence-corrected chi connectivity index (χ4v) is 8.93. The Kier molecular flexibility index (Phi) is 13.8. The highest BCUT2D eigenvalue weighted by Gasteiger charge is 2.32. The van der Waals surface area contributed by atoms with E-state index in [1.165, 1.54) is 4.57 Å². The van der Waals surface area contributed by atoms with Gasteiger partial charge < -0.3 is 37.9 Å². The quantitative estimate of drug-likeness (QED) is 0.125. The molecular weight excluding hydrogens is 829 g/mol. The second-order valence-electron chi connectivity index (χ2n) is 18.2. The number of aromatic nitrogens is 2. The van der Waals surface area contributed by atoms with E-state index in [0.29, 0.717) is 32.1 Å². The Morgan fingerprint density at radius 1 is 0.682 bits per heavy atom. The minimum atomic E-state index is -0.590. The summed E-state index contributed by atoms with van der Waals surface area (Å²) >= 11 is 0. The van der Waals surface area contributed by atoms with Crippen LogP contribution in [0.1, 0.15) is 50.3 Å². The SMILES string of the molecule is Cc1ccc2c(-c3ccccc3)cc(=O)n(CC=O)c2c1.Cc1ccc2c(-c3ccccc3)cc(=O)n(CCN3CCC(N(Cc4ccc5c(c4)OCCO5)C(=O)OC(C)(C)C)CC3)c2c1. The number of ether oxygens (including phenoxy) is 3. The monoisotopic (exact) mass is 886 g/mol. The van der Waals surface area contributed by atoms with E-state index in [1.54, 1.807) is 12.1 Å². The molecule has 340 valence electrons. The zero-order chi connectivity index (χ0) is 46.4. The second kappa shape index (κ2) is 20.0. The van der Waals surface area contributed by atoms with Crippen molar-refractivity contribution in [1.29, 1.82) is 0 Å². The normalized spacial score (nSPS) is 14.1. The van der Waals surface area contributed by atoms with Gasteiger partial charge in [0.1, 0.15) is 25.1 Å². The number of rotatable bonds is 10. The largest absolute Gasteiger partial charge is 0.486 e. The number of amides is 1. The molecule has 7 aromatic rings. The van der Waals surface area contributed by atoms with Crippen LogP contribution in [0.15, 0.2) is 137 Å². The van der Waals surface area contributed by atoms with Crippen molar-refractivity contribution >= 4 is 34.2 Å². The molecule has 4 heterocycles. The maximum Gasteiger partial charge on any atom is 0.410 e. The molecule has 0 saturated carbocycles. The van der Waals surface area contributed by atoms with Crippen LogP contribution in [0.4, 0.5) is 4.79 Å². The Morgan fingerprint density at radius 3 is 1.79 bits per heavy atom. The van der Waals surface area contributed by atoms with E-state index in [9.17, 15) is 19.2 Å². The first-order valence-electron chi connectivity index (χ1n) is 22.8. The number of likely N-dealkylation sites (tertiary alicyclic amines) is 1. The summed E-state index contributed by atoms with van der Waals surface area (Å²) < 4.78 is 20.8. The van der Waals surface area contributed by atoms with Gasteiger partial charge in [-0.15, -0.1) is 0 Å². The third-order valence-corrected chi connectivity index (χ3v) is 12.2. The molecule has 0 spiro atoms. The summed E-state index contributed by atoms with van der Waals surface area (Å²) in [5, 5.41) is 2.06. The lowest BCUT2D eigenvalue weighted by Crippen LogP contribution is -2.49. The molecule has 0 N–H and O–H groups in total. The van der Waals surface area contributed by atoms with Gasteiger partial charge in [-0.25, -0.2) is 4.79 Å². The van der Waals surface area contributed by atoms with E-state index in [2.05, 4.69) is 42.2 Å². The minimum Gasteiger partial charge on any atom is -0.486 e. The molecular formula is C55H58N4O7. The van der Waals surface area contributed by atoms with E-state index in [-0.39, 0.29) is 29.8 Å². The van der Waals surface area contributed by atoms with E-state index < -0.39 is 5.60 Å². The molecule has 0 radical (unpaired) electrons. The van der Waals surface area contributed by atoms with Crippen molar-refractivity contribution in [2.24, 2.45) is 0 Å². The van der Waals surface area contributed by atoms with Gasteiger partial charge >= 0.3 is 6.09 Å². The van der Waals surface area contributed by atoms with E-state index >= 15 is 0 Å². The summed E-state index contributed by atoms with van der Waals surface area (Å²) in [6.45, 7) is 14.3. The molecule has 11 nitrogen and oxygen atoms in total. The number of hydrogen-bond acceptors (Lipinski definition) is 8. The standard InChI is InChI=1S/C37H43N3O5.C18H15NO2/c1-26-10-12-30-31(28-8-6-5-7-9-28)24-35(41)39(32(30)22-26)19-18-38-16-14-29(15-17-38)40(36(42)45-37(2,3)4)25-27-11-13-33-34(23-27)44-21-20-43-33;1-13-7-8-15-16(14-5-3-2-4-6-14)12-18(21)19(9-10-20)17(15)11-13/h5-13,22-24,29H,14-21,25H2,1-4H3;2-8,10-12H,9H2,1H3. The third-order valence-electron chi connectivity index (χ3n) is 12.2. The molecule has 66 heavy (non-hydrogen) atoms. The van der Waals surface area contributed by atoms with Gasteiger partial charge in [-0.1, -0.05) is 91.0 Å². The highest BCUT2D eigenvalue weighted by molar-refractivity contribution is 5.96. The van der Waals surface area contributed by atoms with Crippen molar-refractivity contribution in [2.45, 2.75) is 78.7 Å². The van der Waals surface area contributed by atoms with Crippen LogP contribution >= 0.6 is 0 Å². The van der Waals surface area contributed by atoms with Crippen LogP contribution in [-0.2, 0) is 29.2 Å². The number of pyridine rings is 2. The van der Waals surface area contributed by atoms with Crippen LogP contribution in [-0.4, -0.2) is 75.8 Å². The highest BCUT2D eigenvalue weighted by Crippen LogP contribution is 2.33. The molecule has 0 bridgehead atoms. The lowest BCUT2D eigenvalue weighted by molar-refractivity contribution is -0.108. The van der Waals surface area contributed by atoms with Crippen LogP contribution in [0.25, 0.3) is 44.1 Å². The van der Waals surface area contributed by atoms with Crippen molar-refractivity contribution in [3.8, 4) is 33.8 Å². The molecule has 2 aliphatic heterocycles. The maximum absolute atomic E-state index is 13.5. The zero-order valence-electron chi connectivity index (χ0n) is 38.5. The molecule has 1 fully saturated rings. The van der Waals surface area contributed by atoms with Gasteiger partial charge in [-0.3, -0.25) is 9.59 Å². The van der Waals surface area contributed by atoms with Crippen LogP contribution in [0.3, 0.4) is 0 Å². The minimum absolute atomic E-state index is 0.0115. The highest BCUT2D eigenvalue weighted by atomic mass is 16.6. The van der Waals surface area contributed by atoms with Crippen molar-refractivity contribution in [3.05, 3.63) is 165 Å². The molecule has 0 unspecified atom stereocenters. The van der Waals surface area contributed by atoms with Crippen molar-refractivity contribution in [1.82, 2.24) is 18.9 Å². The first-order chi connectivity index (χ1) is 31.8. The molecule has 9 rings (SSSR count). The summed E-state index contributed by atoms with van der Waals surface area (Å²) in [5.41, 5.74) is 8.11. The zero-order valence-corrected chi connectivity index (χ0v) is 38.5. The topological polar surface area (TPSA) is 112 Å². The lowest BCUT2D eigenvalue weighted by atomic mass is 10.00. The van der Waals surface area contributed by atoms with Gasteiger partial charge in [0.2, 0.25) is 0 Å². The average molecular weight is 887 g/mol. The van der Waals surface area contributed by atoms with Crippen molar-refractivity contribution in [2.75, 3.05) is 32.8 Å². The van der Waals surface area contributed by atoms with Gasteiger partial charge in [0.15, 0.2) is 11.5 Å². The molecule has 5 aromatic carbocycles. The summed E-state index contributed by atoms with van der Waals surface area (Å²) in [7, 11) is 0. The van der Waals surface area contributed by atoms with Gasteiger partial charge in [0.25, 0.3) is 11.1 Å². The first-order valence-corrected chi connectivity index (χ1v) is 22.8. The number of carbonyl (C=O) groups is 2. The van der Waals surface area contributed by atoms with Crippen LogP contribution in [0, 0.1) is 13.8 Å². The third kappa shape index (κ3) is 10.6. The van der Waals surface area contributed by atoms with Crippen molar-refractivity contribution < 1.29 is 23.8 Å². The molecule has 2 aliphatic rings. The number of benzene rings is 5. The molecule has 2 aromatic heterocycles.